The highest BCUT2D eigenvalue weighted by molar-refractivity contribution is 5.80. The van der Waals surface area contributed by atoms with E-state index in [1.807, 2.05) is 19.2 Å². The summed E-state index contributed by atoms with van der Waals surface area (Å²) in [5.41, 5.74) is 0.543. The van der Waals surface area contributed by atoms with Gasteiger partial charge in [-0.1, -0.05) is 12.1 Å². The molecule has 0 radical (unpaired) electrons. The molecule has 4 nitrogen and oxygen atoms in total. The van der Waals surface area contributed by atoms with E-state index in [-0.39, 0.29) is 0 Å². The van der Waals surface area contributed by atoms with Crippen molar-refractivity contribution in [1.29, 1.82) is 5.26 Å². The second kappa shape index (κ2) is 4.98. The minimum absolute atomic E-state index is 0.414. The molecule has 1 atom stereocenters. The predicted octanol–water partition coefficient (Wildman–Crippen LogP) is 2.02. The van der Waals surface area contributed by atoms with E-state index >= 15 is 0 Å². The van der Waals surface area contributed by atoms with Crippen molar-refractivity contribution < 1.29 is 4.74 Å². The zero-order chi connectivity index (χ0) is 12.3. The maximum absolute atomic E-state index is 8.96. The third-order valence-electron chi connectivity index (χ3n) is 2.93. The lowest BCUT2D eigenvalue weighted by Crippen LogP contribution is -2.37. The SMILES string of the molecule is CC1CC(Oc2ccccc2C#N)=NCN1C. The lowest BCUT2D eigenvalue weighted by atomic mass is 10.2. The molecule has 1 aromatic carbocycles. The summed E-state index contributed by atoms with van der Waals surface area (Å²) in [7, 11) is 2.04. The summed E-state index contributed by atoms with van der Waals surface area (Å²) in [4.78, 5) is 6.50. The number of hydrogen-bond donors (Lipinski definition) is 0. The second-order valence-corrected chi connectivity index (χ2v) is 4.21. The van der Waals surface area contributed by atoms with Crippen LogP contribution in [0, 0.1) is 11.3 Å². The van der Waals surface area contributed by atoms with Crippen LogP contribution in [0.5, 0.6) is 5.75 Å². The van der Waals surface area contributed by atoms with Crippen LogP contribution in [0.2, 0.25) is 0 Å². The minimum Gasteiger partial charge on any atom is -0.442 e. The van der Waals surface area contributed by atoms with Crippen LogP contribution >= 0.6 is 0 Å². The molecule has 4 heteroatoms. The number of hydrogen-bond acceptors (Lipinski definition) is 4. The molecule has 0 saturated carbocycles. The molecule has 0 N–H and O–H groups in total. The van der Waals surface area contributed by atoms with Crippen molar-refractivity contribution in [2.45, 2.75) is 19.4 Å². The molecule has 0 bridgehead atoms. The fourth-order valence-electron chi connectivity index (χ4n) is 1.65. The molecular formula is C13H15N3O. The largest absolute Gasteiger partial charge is 0.442 e. The minimum atomic E-state index is 0.414. The van der Waals surface area contributed by atoms with Gasteiger partial charge in [-0.25, -0.2) is 4.99 Å². The van der Waals surface area contributed by atoms with Gasteiger partial charge in [0.05, 0.1) is 12.2 Å². The Labute approximate surface area is 101 Å². The van der Waals surface area contributed by atoms with Crippen LogP contribution in [0.1, 0.15) is 18.9 Å². The number of nitrogens with zero attached hydrogens (tertiary/aromatic N) is 3. The van der Waals surface area contributed by atoms with E-state index < -0.39 is 0 Å². The Balaban J connectivity index is 2.14. The van der Waals surface area contributed by atoms with Crippen molar-refractivity contribution in [2.24, 2.45) is 4.99 Å². The zero-order valence-corrected chi connectivity index (χ0v) is 10.1. The Morgan fingerprint density at radius 3 is 2.94 bits per heavy atom. The fraction of sp³-hybridized carbons (Fsp3) is 0.385. The van der Waals surface area contributed by atoms with E-state index in [2.05, 4.69) is 22.9 Å². The van der Waals surface area contributed by atoms with Gasteiger partial charge in [-0.05, 0) is 26.1 Å². The number of aliphatic imine (C=N–C) groups is 1. The smallest absolute Gasteiger partial charge is 0.193 e. The third kappa shape index (κ3) is 2.63. The molecule has 17 heavy (non-hydrogen) atoms. The Hall–Kier alpha value is -1.86. The van der Waals surface area contributed by atoms with Crippen molar-refractivity contribution >= 4 is 5.90 Å². The summed E-state index contributed by atoms with van der Waals surface area (Å²) in [6.07, 6.45) is 0.774. The summed E-state index contributed by atoms with van der Waals surface area (Å²) in [6, 6.07) is 9.75. The number of ether oxygens (including phenoxy) is 1. The van der Waals surface area contributed by atoms with Crippen molar-refractivity contribution in [3.05, 3.63) is 29.8 Å². The molecule has 1 unspecified atom stereocenters. The quantitative estimate of drug-likeness (QED) is 0.740. The number of para-hydroxylation sites is 1. The first-order valence-corrected chi connectivity index (χ1v) is 5.61. The van der Waals surface area contributed by atoms with Gasteiger partial charge in [-0.3, -0.25) is 4.90 Å². The average Bonchev–Trinajstić information content (AvgIpc) is 2.34. The van der Waals surface area contributed by atoms with Crippen LogP contribution < -0.4 is 4.74 Å². The molecule has 0 spiro atoms. The lowest BCUT2D eigenvalue weighted by Gasteiger charge is -2.28. The van der Waals surface area contributed by atoms with Crippen LogP contribution in [0.4, 0.5) is 0 Å². The molecule has 1 aliphatic heterocycles. The van der Waals surface area contributed by atoms with E-state index in [1.165, 1.54) is 0 Å². The van der Waals surface area contributed by atoms with Crippen molar-refractivity contribution in [3.8, 4) is 11.8 Å². The summed E-state index contributed by atoms with van der Waals surface area (Å²) >= 11 is 0. The van der Waals surface area contributed by atoms with Crippen LogP contribution in [0.3, 0.4) is 0 Å². The first-order valence-electron chi connectivity index (χ1n) is 5.61. The molecular weight excluding hydrogens is 214 g/mol. The monoisotopic (exact) mass is 229 g/mol. The van der Waals surface area contributed by atoms with E-state index in [1.54, 1.807) is 12.1 Å². The Morgan fingerprint density at radius 1 is 1.47 bits per heavy atom. The van der Waals surface area contributed by atoms with Crippen molar-refractivity contribution in [3.63, 3.8) is 0 Å². The third-order valence-corrected chi connectivity index (χ3v) is 2.93. The second-order valence-electron chi connectivity index (χ2n) is 4.21. The van der Waals surface area contributed by atoms with E-state index in [0.717, 1.165) is 6.42 Å². The van der Waals surface area contributed by atoms with Crippen molar-refractivity contribution in [1.82, 2.24) is 4.90 Å². The lowest BCUT2D eigenvalue weighted by molar-refractivity contribution is 0.246. The predicted molar refractivity (Wildman–Crippen MR) is 65.9 cm³/mol. The van der Waals surface area contributed by atoms with E-state index in [0.29, 0.717) is 29.9 Å². The van der Waals surface area contributed by atoms with Gasteiger partial charge in [0.15, 0.2) is 5.90 Å². The molecule has 0 saturated heterocycles. The van der Waals surface area contributed by atoms with Crippen LogP contribution in [-0.2, 0) is 0 Å². The Morgan fingerprint density at radius 2 is 2.24 bits per heavy atom. The van der Waals surface area contributed by atoms with E-state index in [4.69, 9.17) is 10.00 Å². The van der Waals surface area contributed by atoms with Crippen LogP contribution in [-0.4, -0.2) is 30.6 Å². The van der Waals surface area contributed by atoms with Gasteiger partial charge in [-0.2, -0.15) is 5.26 Å². The van der Waals surface area contributed by atoms with Gasteiger partial charge in [0.1, 0.15) is 11.8 Å². The highest BCUT2D eigenvalue weighted by Crippen LogP contribution is 2.19. The van der Waals surface area contributed by atoms with Crippen LogP contribution in [0.25, 0.3) is 0 Å². The maximum atomic E-state index is 8.96. The molecule has 1 aromatic rings. The van der Waals surface area contributed by atoms with Gasteiger partial charge >= 0.3 is 0 Å². The van der Waals surface area contributed by atoms with Gasteiger partial charge < -0.3 is 4.74 Å². The molecule has 0 aromatic heterocycles. The first-order chi connectivity index (χ1) is 8.20. The Bertz CT molecular complexity index is 476. The van der Waals surface area contributed by atoms with Gasteiger partial charge in [0, 0.05) is 12.5 Å². The standard InChI is InChI=1S/C13H15N3O/c1-10-7-13(15-9-16(10)2)17-12-6-4-3-5-11(12)8-14/h3-6,10H,7,9H2,1-2H3. The molecule has 0 aliphatic carbocycles. The maximum Gasteiger partial charge on any atom is 0.193 e. The number of benzene rings is 1. The molecule has 1 heterocycles. The normalized spacial score (nSPS) is 20.5. The van der Waals surface area contributed by atoms with Gasteiger partial charge in [0.25, 0.3) is 0 Å². The van der Waals surface area contributed by atoms with E-state index in [9.17, 15) is 0 Å². The number of rotatable bonds is 1. The van der Waals surface area contributed by atoms with Crippen molar-refractivity contribution in [2.75, 3.05) is 13.7 Å². The summed E-state index contributed by atoms with van der Waals surface area (Å²) in [5.74, 6) is 1.30. The summed E-state index contributed by atoms with van der Waals surface area (Å²) in [6.45, 7) is 2.78. The first kappa shape index (κ1) is 11.6. The highest BCUT2D eigenvalue weighted by Gasteiger charge is 2.19. The average molecular weight is 229 g/mol. The summed E-state index contributed by atoms with van der Waals surface area (Å²) in [5, 5.41) is 8.96. The highest BCUT2D eigenvalue weighted by atomic mass is 16.5. The van der Waals surface area contributed by atoms with Gasteiger partial charge in [-0.15, -0.1) is 0 Å². The van der Waals surface area contributed by atoms with Crippen LogP contribution in [0.15, 0.2) is 29.3 Å². The molecule has 2 rings (SSSR count). The molecule has 0 amide bonds. The molecule has 1 aliphatic rings. The molecule has 88 valence electrons. The number of nitriles is 1. The topological polar surface area (TPSA) is 48.6 Å². The van der Waals surface area contributed by atoms with Gasteiger partial charge in [0.2, 0.25) is 0 Å². The fourth-order valence-corrected chi connectivity index (χ4v) is 1.65. The Kier molecular flexibility index (Phi) is 3.40. The molecule has 0 fully saturated rings. The zero-order valence-electron chi connectivity index (χ0n) is 10.1. The summed E-state index contributed by atoms with van der Waals surface area (Å²) < 4.78 is 5.70.